The molecule has 3 rings (SSSR count). The largest absolute Gasteiger partial charge is 0.496 e. The second-order valence-electron chi connectivity index (χ2n) is 3.47. The van der Waals surface area contributed by atoms with Gasteiger partial charge in [-0.1, -0.05) is 36.4 Å². The maximum Gasteiger partial charge on any atom is 0.113 e. The molecule has 0 atom stereocenters. The number of ether oxygens (including phenoxy) is 1. The van der Waals surface area contributed by atoms with Crippen molar-refractivity contribution in [3.63, 3.8) is 0 Å². The molecule has 2 aromatic rings. The van der Waals surface area contributed by atoms with Crippen LogP contribution in [0.25, 0.3) is 16.8 Å². The van der Waals surface area contributed by atoms with Crippen LogP contribution >= 0.6 is 0 Å². The number of hydrogen-bond donors (Lipinski definition) is 0. The molecule has 1 heteroatoms. The van der Waals surface area contributed by atoms with Crippen LogP contribution in [-0.2, 0) is 11.3 Å². The Kier molecular flexibility index (Phi) is 1.57. The Morgan fingerprint density at radius 3 is 2.93 bits per heavy atom. The average molecular weight is 182 g/mol. The van der Waals surface area contributed by atoms with Crippen LogP contribution in [0.1, 0.15) is 11.1 Å². The predicted molar refractivity (Wildman–Crippen MR) is 57.8 cm³/mol. The molecule has 0 aromatic heterocycles. The van der Waals surface area contributed by atoms with Crippen molar-refractivity contribution in [1.82, 2.24) is 0 Å². The van der Waals surface area contributed by atoms with Gasteiger partial charge in [0, 0.05) is 0 Å². The van der Waals surface area contributed by atoms with Gasteiger partial charge in [-0.2, -0.15) is 0 Å². The molecular formula is C13H10O. The number of rotatable bonds is 0. The second-order valence-corrected chi connectivity index (χ2v) is 3.47. The quantitative estimate of drug-likeness (QED) is 0.607. The summed E-state index contributed by atoms with van der Waals surface area (Å²) in [6.07, 6.45) is 3.82. The highest BCUT2D eigenvalue weighted by Crippen LogP contribution is 2.26. The molecule has 1 heterocycles. The second kappa shape index (κ2) is 2.88. The van der Waals surface area contributed by atoms with E-state index in [1.54, 1.807) is 6.26 Å². The molecular weight excluding hydrogens is 172 g/mol. The third kappa shape index (κ3) is 1.02. The molecule has 1 nitrogen and oxygen atoms in total. The molecule has 0 fully saturated rings. The van der Waals surface area contributed by atoms with Crippen LogP contribution in [0, 0.1) is 0 Å². The van der Waals surface area contributed by atoms with E-state index in [0.717, 1.165) is 0 Å². The van der Waals surface area contributed by atoms with Gasteiger partial charge in [-0.25, -0.2) is 0 Å². The van der Waals surface area contributed by atoms with Crippen molar-refractivity contribution in [3.05, 3.63) is 53.8 Å². The van der Waals surface area contributed by atoms with E-state index < -0.39 is 0 Å². The molecule has 0 radical (unpaired) electrons. The SMILES string of the molecule is C1=Cc2c(ccc3ccccc23)CO1. The highest BCUT2D eigenvalue weighted by atomic mass is 16.5. The van der Waals surface area contributed by atoms with Gasteiger partial charge < -0.3 is 4.74 Å². The van der Waals surface area contributed by atoms with Gasteiger partial charge in [0.15, 0.2) is 0 Å². The Balaban J connectivity index is 2.42. The molecule has 1 aliphatic heterocycles. The Bertz CT molecular complexity index is 512. The van der Waals surface area contributed by atoms with Crippen molar-refractivity contribution in [2.75, 3.05) is 0 Å². The minimum absolute atomic E-state index is 0.691. The molecule has 0 N–H and O–H groups in total. The zero-order valence-electron chi connectivity index (χ0n) is 7.73. The Morgan fingerprint density at radius 2 is 1.93 bits per heavy atom. The maximum absolute atomic E-state index is 5.26. The molecule has 0 amide bonds. The molecule has 0 bridgehead atoms. The minimum atomic E-state index is 0.691. The van der Waals surface area contributed by atoms with Crippen LogP contribution in [0.15, 0.2) is 42.7 Å². The van der Waals surface area contributed by atoms with Crippen molar-refractivity contribution in [3.8, 4) is 0 Å². The van der Waals surface area contributed by atoms with Crippen molar-refractivity contribution >= 4 is 16.8 Å². The van der Waals surface area contributed by atoms with E-state index in [0.29, 0.717) is 6.61 Å². The first-order valence-electron chi connectivity index (χ1n) is 4.74. The van der Waals surface area contributed by atoms with E-state index >= 15 is 0 Å². The van der Waals surface area contributed by atoms with Gasteiger partial charge in [-0.05, 0) is 28.0 Å². The lowest BCUT2D eigenvalue weighted by Gasteiger charge is -2.13. The fraction of sp³-hybridized carbons (Fsp3) is 0.0769. The van der Waals surface area contributed by atoms with Gasteiger partial charge in [-0.3, -0.25) is 0 Å². The third-order valence-electron chi connectivity index (χ3n) is 2.63. The van der Waals surface area contributed by atoms with E-state index in [-0.39, 0.29) is 0 Å². The van der Waals surface area contributed by atoms with E-state index in [1.807, 2.05) is 6.08 Å². The fourth-order valence-corrected chi connectivity index (χ4v) is 1.92. The van der Waals surface area contributed by atoms with Crippen LogP contribution in [0.5, 0.6) is 0 Å². The first-order valence-corrected chi connectivity index (χ1v) is 4.74. The Morgan fingerprint density at radius 1 is 1.00 bits per heavy atom. The van der Waals surface area contributed by atoms with E-state index in [1.165, 1.54) is 21.9 Å². The maximum atomic E-state index is 5.26. The Labute approximate surface area is 82.6 Å². The summed E-state index contributed by atoms with van der Waals surface area (Å²) in [7, 11) is 0. The summed E-state index contributed by atoms with van der Waals surface area (Å²) in [6.45, 7) is 0.691. The van der Waals surface area contributed by atoms with Gasteiger partial charge in [-0.15, -0.1) is 0 Å². The summed E-state index contributed by atoms with van der Waals surface area (Å²) in [5.41, 5.74) is 2.57. The van der Waals surface area contributed by atoms with E-state index in [4.69, 9.17) is 4.74 Å². The molecule has 14 heavy (non-hydrogen) atoms. The van der Waals surface area contributed by atoms with Crippen LogP contribution in [0.3, 0.4) is 0 Å². The van der Waals surface area contributed by atoms with Gasteiger partial charge in [0.1, 0.15) is 6.61 Å². The normalized spacial score (nSPS) is 13.7. The first kappa shape index (κ1) is 7.63. The molecule has 68 valence electrons. The van der Waals surface area contributed by atoms with E-state index in [9.17, 15) is 0 Å². The third-order valence-corrected chi connectivity index (χ3v) is 2.63. The molecule has 0 aliphatic carbocycles. The van der Waals surface area contributed by atoms with Gasteiger partial charge in [0.25, 0.3) is 0 Å². The van der Waals surface area contributed by atoms with Gasteiger partial charge >= 0.3 is 0 Å². The van der Waals surface area contributed by atoms with Crippen molar-refractivity contribution in [2.45, 2.75) is 6.61 Å². The lowest BCUT2D eigenvalue weighted by atomic mass is 9.98. The van der Waals surface area contributed by atoms with Crippen LogP contribution < -0.4 is 0 Å². The number of fused-ring (bicyclic) bond motifs is 3. The van der Waals surface area contributed by atoms with Crippen molar-refractivity contribution in [1.29, 1.82) is 0 Å². The van der Waals surface area contributed by atoms with Crippen molar-refractivity contribution in [2.24, 2.45) is 0 Å². The first-order chi connectivity index (χ1) is 6.95. The number of hydrogen-bond acceptors (Lipinski definition) is 1. The summed E-state index contributed by atoms with van der Waals surface area (Å²) in [4.78, 5) is 0. The predicted octanol–water partition coefficient (Wildman–Crippen LogP) is 3.34. The Hall–Kier alpha value is -1.76. The monoisotopic (exact) mass is 182 g/mol. The fourth-order valence-electron chi connectivity index (χ4n) is 1.92. The zero-order chi connectivity index (χ0) is 9.38. The molecule has 0 unspecified atom stereocenters. The highest BCUT2D eigenvalue weighted by Gasteiger charge is 2.07. The summed E-state index contributed by atoms with van der Waals surface area (Å²) in [6, 6.07) is 12.7. The van der Waals surface area contributed by atoms with Crippen LogP contribution in [0.2, 0.25) is 0 Å². The smallest absolute Gasteiger partial charge is 0.113 e. The van der Waals surface area contributed by atoms with Gasteiger partial charge in [0.2, 0.25) is 0 Å². The van der Waals surface area contributed by atoms with Crippen LogP contribution in [-0.4, -0.2) is 0 Å². The molecule has 0 saturated heterocycles. The summed E-state index contributed by atoms with van der Waals surface area (Å²) in [5, 5.41) is 2.60. The van der Waals surface area contributed by atoms with Crippen LogP contribution in [0.4, 0.5) is 0 Å². The topological polar surface area (TPSA) is 9.23 Å². The minimum Gasteiger partial charge on any atom is -0.496 e. The molecule has 0 spiro atoms. The highest BCUT2D eigenvalue weighted by molar-refractivity contribution is 5.92. The molecule has 1 aliphatic rings. The van der Waals surface area contributed by atoms with Gasteiger partial charge in [0.05, 0.1) is 6.26 Å². The lowest BCUT2D eigenvalue weighted by molar-refractivity contribution is 0.235. The van der Waals surface area contributed by atoms with Crippen molar-refractivity contribution < 1.29 is 4.74 Å². The molecule has 0 saturated carbocycles. The summed E-state index contributed by atoms with van der Waals surface area (Å²) >= 11 is 0. The summed E-state index contributed by atoms with van der Waals surface area (Å²) < 4.78 is 5.26. The molecule has 2 aromatic carbocycles. The standard InChI is InChI=1S/C13H10O/c1-2-4-12-10(3-1)5-6-11-9-14-8-7-13(11)12/h1-8H,9H2. The number of benzene rings is 2. The average Bonchev–Trinajstić information content (AvgIpc) is 2.29. The van der Waals surface area contributed by atoms with E-state index in [2.05, 4.69) is 36.4 Å². The zero-order valence-corrected chi connectivity index (χ0v) is 7.73. The lowest BCUT2D eigenvalue weighted by Crippen LogP contribution is -1.96. The summed E-state index contributed by atoms with van der Waals surface area (Å²) in [5.74, 6) is 0.